The van der Waals surface area contributed by atoms with Crippen molar-refractivity contribution in [1.29, 1.82) is 0 Å². The van der Waals surface area contributed by atoms with Gasteiger partial charge in [-0.25, -0.2) is 0 Å². The molecule has 0 aliphatic rings. The number of rotatable bonds is 27. The van der Waals surface area contributed by atoms with Crippen molar-refractivity contribution in [2.45, 2.75) is 181 Å². The minimum Gasteiger partial charge on any atom is -0.469 e. The van der Waals surface area contributed by atoms with E-state index < -0.39 is 0 Å². The second-order valence-corrected chi connectivity index (χ2v) is 10.6. The highest BCUT2D eigenvalue weighted by Gasteiger charge is 2.18. The Labute approximate surface area is 209 Å². The molecule has 0 amide bonds. The van der Waals surface area contributed by atoms with E-state index in [0.29, 0.717) is 0 Å². The third-order valence-corrected chi connectivity index (χ3v) is 7.35. The van der Waals surface area contributed by atoms with Gasteiger partial charge in [-0.05, 0) is 12.8 Å². The maximum Gasteiger partial charge on any atom is 0.308 e. The van der Waals surface area contributed by atoms with Gasteiger partial charge < -0.3 is 4.74 Å². The van der Waals surface area contributed by atoms with Crippen LogP contribution in [0.1, 0.15) is 181 Å². The van der Waals surface area contributed by atoms with Crippen LogP contribution >= 0.6 is 0 Å². The first-order chi connectivity index (χ1) is 16.3. The summed E-state index contributed by atoms with van der Waals surface area (Å²) in [5, 5.41) is 0. The van der Waals surface area contributed by atoms with Crippen LogP contribution < -0.4 is 0 Å². The fourth-order valence-corrected chi connectivity index (χ4v) is 5.01. The van der Waals surface area contributed by atoms with Crippen LogP contribution in [0.3, 0.4) is 0 Å². The average Bonchev–Trinajstić information content (AvgIpc) is 2.83. The monoisotopic (exact) mass is 466 g/mol. The van der Waals surface area contributed by atoms with E-state index in [1.807, 2.05) is 0 Å². The highest BCUT2D eigenvalue weighted by Crippen LogP contribution is 2.21. The zero-order chi connectivity index (χ0) is 24.2. The molecule has 198 valence electrons. The minimum absolute atomic E-state index is 0.0284. The van der Waals surface area contributed by atoms with Crippen LogP contribution in [0.5, 0.6) is 0 Å². The molecule has 0 aromatic heterocycles. The minimum atomic E-state index is 0.0284. The molecule has 0 radical (unpaired) electrons. The summed E-state index contributed by atoms with van der Waals surface area (Å²) in [5.41, 5.74) is 0. The van der Waals surface area contributed by atoms with Gasteiger partial charge in [0.25, 0.3) is 0 Å². The van der Waals surface area contributed by atoms with E-state index in [2.05, 4.69) is 13.8 Å². The molecule has 0 fully saturated rings. The molecule has 0 heterocycles. The Kier molecular flexibility index (Phi) is 27.3. The summed E-state index contributed by atoms with van der Waals surface area (Å²) in [6, 6.07) is 0. The van der Waals surface area contributed by atoms with Crippen molar-refractivity contribution in [3.63, 3.8) is 0 Å². The second kappa shape index (κ2) is 27.7. The Balaban J connectivity index is 3.53. The lowest BCUT2D eigenvalue weighted by atomic mass is 9.94. The molecule has 2 heteroatoms. The molecule has 33 heavy (non-hydrogen) atoms. The number of methoxy groups -OCH3 is 1. The van der Waals surface area contributed by atoms with E-state index in [1.54, 1.807) is 7.11 Å². The molecule has 0 spiro atoms. The Morgan fingerprint density at radius 3 is 0.939 bits per heavy atom. The van der Waals surface area contributed by atoms with Crippen molar-refractivity contribution >= 4 is 5.97 Å². The van der Waals surface area contributed by atoms with Crippen molar-refractivity contribution in [1.82, 2.24) is 0 Å². The number of unbranched alkanes of at least 4 members (excludes halogenated alkanes) is 22. The first-order valence-electron chi connectivity index (χ1n) is 15.3. The fourth-order valence-electron chi connectivity index (χ4n) is 5.01. The highest BCUT2D eigenvalue weighted by atomic mass is 16.5. The third kappa shape index (κ3) is 24.4. The van der Waals surface area contributed by atoms with Crippen molar-refractivity contribution in [2.24, 2.45) is 5.92 Å². The third-order valence-electron chi connectivity index (χ3n) is 7.35. The lowest BCUT2D eigenvalue weighted by Crippen LogP contribution is -2.16. The summed E-state index contributed by atoms with van der Waals surface area (Å²) in [4.78, 5) is 12.1. The van der Waals surface area contributed by atoms with Gasteiger partial charge in [-0.2, -0.15) is 0 Å². The number of carbonyl (C=O) groups is 1. The number of hydrogen-bond acceptors (Lipinski definition) is 2. The first kappa shape index (κ1) is 32.5. The predicted octanol–water partition coefficient (Wildman–Crippen LogP) is 11.0. The Bertz CT molecular complexity index is 379. The van der Waals surface area contributed by atoms with Crippen LogP contribution in [0.2, 0.25) is 0 Å². The maximum absolute atomic E-state index is 12.1. The number of esters is 1. The number of carbonyl (C=O) groups excluding carboxylic acids is 1. The molecule has 2 nitrogen and oxygen atoms in total. The van der Waals surface area contributed by atoms with E-state index in [-0.39, 0.29) is 11.9 Å². The van der Waals surface area contributed by atoms with Gasteiger partial charge in [0.05, 0.1) is 13.0 Å². The number of ether oxygens (including phenoxy) is 1. The van der Waals surface area contributed by atoms with Crippen LogP contribution in [0.15, 0.2) is 0 Å². The molecule has 0 aliphatic heterocycles. The number of hydrogen-bond donors (Lipinski definition) is 0. The van der Waals surface area contributed by atoms with Gasteiger partial charge in [0.2, 0.25) is 0 Å². The zero-order valence-electron chi connectivity index (χ0n) is 23.3. The van der Waals surface area contributed by atoms with Crippen molar-refractivity contribution < 1.29 is 9.53 Å². The maximum atomic E-state index is 12.1. The lowest BCUT2D eigenvalue weighted by Gasteiger charge is -2.14. The topological polar surface area (TPSA) is 26.3 Å². The molecule has 0 bridgehead atoms. The van der Waals surface area contributed by atoms with Gasteiger partial charge >= 0.3 is 5.97 Å². The molecule has 1 unspecified atom stereocenters. The summed E-state index contributed by atoms with van der Waals surface area (Å²) in [6.07, 6.45) is 35.0. The molecule has 0 aromatic carbocycles. The van der Waals surface area contributed by atoms with Crippen LogP contribution in [0.4, 0.5) is 0 Å². The van der Waals surface area contributed by atoms with E-state index in [1.165, 1.54) is 154 Å². The quantitative estimate of drug-likeness (QED) is 0.0888. The molecule has 0 aliphatic carbocycles. The van der Waals surface area contributed by atoms with Crippen LogP contribution in [0.25, 0.3) is 0 Å². The molecule has 0 saturated carbocycles. The summed E-state index contributed by atoms with van der Waals surface area (Å²) in [7, 11) is 1.55. The van der Waals surface area contributed by atoms with Crippen molar-refractivity contribution in [3.05, 3.63) is 0 Å². The van der Waals surface area contributed by atoms with E-state index in [9.17, 15) is 4.79 Å². The molecule has 0 aromatic rings. The Hall–Kier alpha value is -0.530. The summed E-state index contributed by atoms with van der Waals surface area (Å²) < 4.78 is 5.09. The van der Waals surface area contributed by atoms with E-state index in [4.69, 9.17) is 4.74 Å². The van der Waals surface area contributed by atoms with Gasteiger partial charge in [-0.15, -0.1) is 0 Å². The zero-order valence-corrected chi connectivity index (χ0v) is 23.3. The molecular weight excluding hydrogens is 404 g/mol. The van der Waals surface area contributed by atoms with Gasteiger partial charge in [-0.3, -0.25) is 4.79 Å². The van der Waals surface area contributed by atoms with E-state index >= 15 is 0 Å². The highest BCUT2D eigenvalue weighted by molar-refractivity contribution is 5.72. The SMILES string of the molecule is CCCCCCCCCCCCCCCCC(CCCCCCCCCCCC)C(=O)OC. The molecule has 1 atom stereocenters. The molecule has 0 rings (SSSR count). The van der Waals surface area contributed by atoms with Crippen molar-refractivity contribution in [2.75, 3.05) is 7.11 Å². The average molecular weight is 467 g/mol. The first-order valence-corrected chi connectivity index (χ1v) is 15.3. The lowest BCUT2D eigenvalue weighted by molar-refractivity contribution is -0.146. The Morgan fingerprint density at radius 2 is 0.697 bits per heavy atom. The largest absolute Gasteiger partial charge is 0.469 e. The van der Waals surface area contributed by atoms with Gasteiger partial charge in [-0.1, -0.05) is 168 Å². The van der Waals surface area contributed by atoms with Gasteiger partial charge in [0, 0.05) is 0 Å². The Morgan fingerprint density at radius 1 is 0.455 bits per heavy atom. The molecule has 0 saturated heterocycles. The summed E-state index contributed by atoms with van der Waals surface area (Å²) in [6.45, 7) is 4.57. The van der Waals surface area contributed by atoms with Crippen LogP contribution in [-0.4, -0.2) is 13.1 Å². The normalized spacial score (nSPS) is 12.2. The fraction of sp³-hybridized carbons (Fsp3) is 0.968. The van der Waals surface area contributed by atoms with E-state index in [0.717, 1.165) is 12.8 Å². The van der Waals surface area contributed by atoms with Crippen LogP contribution in [0, 0.1) is 5.92 Å². The standard InChI is InChI=1S/C31H62O2/c1-4-6-8-10-12-14-16-17-18-19-21-23-25-27-29-30(31(32)33-3)28-26-24-22-20-15-13-11-9-7-5-2/h30H,4-29H2,1-3H3. The van der Waals surface area contributed by atoms with Crippen LogP contribution in [-0.2, 0) is 9.53 Å². The van der Waals surface area contributed by atoms with Gasteiger partial charge in [0.1, 0.15) is 0 Å². The van der Waals surface area contributed by atoms with Crippen molar-refractivity contribution in [3.8, 4) is 0 Å². The van der Waals surface area contributed by atoms with Gasteiger partial charge in [0.15, 0.2) is 0 Å². The predicted molar refractivity (Wildman–Crippen MR) is 147 cm³/mol. The molecular formula is C31H62O2. The molecule has 0 N–H and O–H groups in total. The smallest absolute Gasteiger partial charge is 0.308 e. The second-order valence-electron chi connectivity index (χ2n) is 10.6. The summed E-state index contributed by atoms with van der Waals surface area (Å²) in [5.74, 6) is 0.169. The summed E-state index contributed by atoms with van der Waals surface area (Å²) >= 11 is 0.